The molecule has 0 radical (unpaired) electrons. The van der Waals surface area contributed by atoms with Crippen molar-refractivity contribution in [1.29, 1.82) is 0 Å². The predicted molar refractivity (Wildman–Crippen MR) is 116 cm³/mol. The Balaban J connectivity index is 0.00000243. The van der Waals surface area contributed by atoms with Gasteiger partial charge in [-0.1, -0.05) is 6.42 Å². The highest BCUT2D eigenvalue weighted by molar-refractivity contribution is 14.0. The molecule has 0 saturated carbocycles. The minimum atomic E-state index is 0. The molecule has 3 heterocycles. The number of fused-ring (bicyclic) bond motifs is 1. The summed E-state index contributed by atoms with van der Waals surface area (Å²) in [5, 5.41) is 16.5. The van der Waals surface area contributed by atoms with Crippen molar-refractivity contribution >= 4 is 41.3 Å². The highest BCUT2D eigenvalue weighted by Crippen LogP contribution is 2.16. The van der Waals surface area contributed by atoms with Crippen LogP contribution < -0.4 is 10.6 Å². The zero-order valence-corrected chi connectivity index (χ0v) is 18.9. The zero-order chi connectivity index (χ0) is 17.6. The summed E-state index contributed by atoms with van der Waals surface area (Å²) < 4.78 is 2.26. The lowest BCUT2D eigenvalue weighted by Crippen LogP contribution is -2.38. The van der Waals surface area contributed by atoms with Crippen molar-refractivity contribution in [3.63, 3.8) is 0 Å². The van der Waals surface area contributed by atoms with E-state index in [2.05, 4.69) is 49.2 Å². The van der Waals surface area contributed by atoms with Crippen LogP contribution in [0.2, 0.25) is 0 Å². The van der Waals surface area contributed by atoms with Gasteiger partial charge in [-0.15, -0.1) is 45.5 Å². The maximum Gasteiger partial charge on any atom is 0.191 e. The molecule has 0 atom stereocenters. The van der Waals surface area contributed by atoms with Gasteiger partial charge in [0.15, 0.2) is 11.8 Å². The van der Waals surface area contributed by atoms with Crippen molar-refractivity contribution < 1.29 is 0 Å². The van der Waals surface area contributed by atoms with E-state index < -0.39 is 0 Å². The Hall–Kier alpha value is -1.23. The fourth-order valence-electron chi connectivity index (χ4n) is 2.99. The fraction of sp³-hybridized carbons (Fsp3) is 0.647. The highest BCUT2D eigenvalue weighted by atomic mass is 127. The molecule has 0 fully saturated rings. The third kappa shape index (κ3) is 5.38. The lowest BCUT2D eigenvalue weighted by atomic mass is 10.2. The van der Waals surface area contributed by atoms with Gasteiger partial charge in [0.25, 0.3) is 0 Å². The van der Waals surface area contributed by atoms with Crippen LogP contribution in [0.25, 0.3) is 0 Å². The van der Waals surface area contributed by atoms with Crippen LogP contribution in [-0.2, 0) is 25.9 Å². The average Bonchev–Trinajstić information content (AvgIpc) is 3.04. The largest absolute Gasteiger partial charge is 0.356 e. The van der Waals surface area contributed by atoms with Gasteiger partial charge in [0.05, 0.1) is 17.2 Å². The molecule has 0 saturated heterocycles. The highest BCUT2D eigenvalue weighted by Gasteiger charge is 2.14. The molecule has 1 aliphatic heterocycles. The van der Waals surface area contributed by atoms with Crippen LogP contribution in [0.1, 0.15) is 46.5 Å². The molecule has 7 nitrogen and oxygen atoms in total. The Kier molecular flexibility index (Phi) is 8.26. The van der Waals surface area contributed by atoms with E-state index in [1.54, 1.807) is 18.4 Å². The SMILES string of the molecule is CN=C(NCCc1nc(C)c(C)s1)NCc1nnc2n1CCCCC2.I. The third-order valence-electron chi connectivity index (χ3n) is 4.53. The predicted octanol–water partition coefficient (Wildman–Crippen LogP) is 2.60. The maximum atomic E-state index is 4.57. The first kappa shape index (κ1) is 21.1. The van der Waals surface area contributed by atoms with Crippen LogP contribution in [0.4, 0.5) is 0 Å². The van der Waals surface area contributed by atoms with Crippen molar-refractivity contribution in [2.75, 3.05) is 13.6 Å². The Morgan fingerprint density at radius 1 is 1.19 bits per heavy atom. The first-order valence-electron chi connectivity index (χ1n) is 8.95. The number of hydrogen-bond donors (Lipinski definition) is 2. The van der Waals surface area contributed by atoms with E-state index in [-0.39, 0.29) is 24.0 Å². The molecular formula is C17H28IN7S. The maximum absolute atomic E-state index is 4.57. The van der Waals surface area contributed by atoms with Gasteiger partial charge < -0.3 is 15.2 Å². The zero-order valence-electron chi connectivity index (χ0n) is 15.7. The quantitative estimate of drug-likeness (QED) is 0.384. The second kappa shape index (κ2) is 10.2. The van der Waals surface area contributed by atoms with Crippen molar-refractivity contribution in [1.82, 2.24) is 30.4 Å². The Labute approximate surface area is 176 Å². The molecule has 0 spiro atoms. The Bertz CT molecular complexity index is 718. The third-order valence-corrected chi connectivity index (χ3v) is 5.66. The summed E-state index contributed by atoms with van der Waals surface area (Å²) in [7, 11) is 1.79. The number of nitrogens with zero attached hydrogens (tertiary/aromatic N) is 5. The monoisotopic (exact) mass is 489 g/mol. The number of nitrogens with one attached hydrogen (secondary N) is 2. The van der Waals surface area contributed by atoms with Crippen molar-refractivity contribution in [2.45, 2.75) is 59.0 Å². The normalized spacial score (nSPS) is 14.3. The molecule has 3 rings (SSSR count). The van der Waals surface area contributed by atoms with Crippen molar-refractivity contribution in [3.8, 4) is 0 Å². The van der Waals surface area contributed by atoms with Gasteiger partial charge in [-0.25, -0.2) is 4.98 Å². The second-order valence-electron chi connectivity index (χ2n) is 6.35. The average molecular weight is 489 g/mol. The van der Waals surface area contributed by atoms with Gasteiger partial charge in [0.2, 0.25) is 0 Å². The number of rotatable bonds is 5. The minimum absolute atomic E-state index is 0. The summed E-state index contributed by atoms with van der Waals surface area (Å²) in [4.78, 5) is 10.2. The van der Waals surface area contributed by atoms with Crippen LogP contribution in [0, 0.1) is 13.8 Å². The van der Waals surface area contributed by atoms with Crippen LogP contribution >= 0.6 is 35.3 Å². The first-order chi connectivity index (χ1) is 12.2. The molecule has 0 aliphatic carbocycles. The summed E-state index contributed by atoms with van der Waals surface area (Å²) in [6.45, 7) is 6.65. The van der Waals surface area contributed by atoms with E-state index in [0.717, 1.165) is 49.2 Å². The molecule has 0 amide bonds. The molecule has 0 bridgehead atoms. The Morgan fingerprint density at radius 2 is 2.04 bits per heavy atom. The molecule has 2 aromatic rings. The van der Waals surface area contributed by atoms with Crippen LogP contribution in [0.5, 0.6) is 0 Å². The van der Waals surface area contributed by atoms with Crippen molar-refractivity contribution in [3.05, 3.63) is 27.2 Å². The molecule has 0 aromatic carbocycles. The van der Waals surface area contributed by atoms with E-state index in [9.17, 15) is 0 Å². The molecule has 0 unspecified atom stereocenters. The number of hydrogen-bond acceptors (Lipinski definition) is 5. The smallest absolute Gasteiger partial charge is 0.191 e. The molecular weight excluding hydrogens is 461 g/mol. The number of halogens is 1. The first-order valence-corrected chi connectivity index (χ1v) is 9.77. The number of guanidine groups is 1. The van der Waals surface area contributed by atoms with Crippen LogP contribution in [-0.4, -0.2) is 39.3 Å². The molecule has 2 N–H and O–H groups in total. The number of aromatic nitrogens is 4. The summed E-state index contributed by atoms with van der Waals surface area (Å²) >= 11 is 1.77. The van der Waals surface area contributed by atoms with Gasteiger partial charge in [0.1, 0.15) is 5.82 Å². The lowest BCUT2D eigenvalue weighted by Gasteiger charge is -2.12. The van der Waals surface area contributed by atoms with E-state index in [0.29, 0.717) is 6.54 Å². The summed E-state index contributed by atoms with van der Waals surface area (Å²) in [5.74, 6) is 2.90. The topological polar surface area (TPSA) is 80.0 Å². The van der Waals surface area contributed by atoms with E-state index in [1.165, 1.54) is 29.1 Å². The van der Waals surface area contributed by atoms with Crippen LogP contribution in [0.15, 0.2) is 4.99 Å². The number of thiazole rings is 1. The van der Waals surface area contributed by atoms with Crippen LogP contribution in [0.3, 0.4) is 0 Å². The van der Waals surface area contributed by atoms with Gasteiger partial charge >= 0.3 is 0 Å². The number of aliphatic imine (C=N–C) groups is 1. The summed E-state index contributed by atoms with van der Waals surface area (Å²) in [5.41, 5.74) is 1.13. The summed E-state index contributed by atoms with van der Waals surface area (Å²) in [6.07, 6.45) is 5.63. The van der Waals surface area contributed by atoms with Gasteiger partial charge in [-0.2, -0.15) is 0 Å². The van der Waals surface area contributed by atoms with Gasteiger partial charge in [-0.05, 0) is 26.7 Å². The molecule has 9 heteroatoms. The molecule has 1 aliphatic rings. The second-order valence-corrected chi connectivity index (χ2v) is 7.63. The fourth-order valence-corrected chi connectivity index (χ4v) is 3.93. The van der Waals surface area contributed by atoms with Gasteiger partial charge in [-0.3, -0.25) is 4.99 Å². The molecule has 144 valence electrons. The van der Waals surface area contributed by atoms with E-state index >= 15 is 0 Å². The molecule has 26 heavy (non-hydrogen) atoms. The van der Waals surface area contributed by atoms with E-state index in [4.69, 9.17) is 0 Å². The number of aryl methyl sites for hydroxylation is 3. The summed E-state index contributed by atoms with van der Waals surface area (Å²) in [6, 6.07) is 0. The van der Waals surface area contributed by atoms with Crippen molar-refractivity contribution in [2.24, 2.45) is 4.99 Å². The lowest BCUT2D eigenvalue weighted by molar-refractivity contribution is 0.596. The van der Waals surface area contributed by atoms with Gasteiger partial charge in [0, 0.05) is 37.9 Å². The van der Waals surface area contributed by atoms with E-state index in [1.807, 2.05) is 0 Å². The molecule has 2 aromatic heterocycles. The Morgan fingerprint density at radius 3 is 2.77 bits per heavy atom. The minimum Gasteiger partial charge on any atom is -0.356 e. The standard InChI is InChI=1S/C17H27N7S.HI/c1-12-13(2)25-16(21-12)8-9-19-17(18-3)20-11-15-23-22-14-7-5-4-6-10-24(14)15;/h4-11H2,1-3H3,(H2,18,19,20);1H.